The van der Waals surface area contributed by atoms with Gasteiger partial charge in [0, 0.05) is 35.4 Å². The number of carbonyl (C=O) groups is 2. The van der Waals surface area contributed by atoms with Crippen LogP contribution in [0.15, 0.2) is 66.7 Å². The zero-order valence-electron chi connectivity index (χ0n) is 17.7. The number of nitro groups is 1. The first-order valence-electron chi connectivity index (χ1n) is 9.90. The molecule has 1 N–H and O–H groups in total. The number of amides is 1. The number of anilines is 1. The smallest absolute Gasteiger partial charge is 0.270 e. The Labute approximate surface area is 184 Å². The highest BCUT2D eigenvalue weighted by atomic mass is 16.6. The van der Waals surface area contributed by atoms with E-state index >= 15 is 0 Å². The molecule has 8 nitrogen and oxygen atoms in total. The Morgan fingerprint density at radius 2 is 1.69 bits per heavy atom. The third kappa shape index (κ3) is 5.48. The first kappa shape index (κ1) is 22.5. The van der Waals surface area contributed by atoms with Crippen LogP contribution >= 0.6 is 0 Å². The Kier molecular flexibility index (Phi) is 7.17. The van der Waals surface area contributed by atoms with Crippen molar-refractivity contribution in [3.05, 3.63) is 82.4 Å². The molecule has 164 valence electrons. The minimum Gasteiger partial charge on any atom is -0.497 e. The zero-order chi connectivity index (χ0) is 23.1. The van der Waals surface area contributed by atoms with E-state index in [9.17, 15) is 19.7 Å². The highest BCUT2D eigenvalue weighted by Crippen LogP contribution is 2.34. The molecular weight excluding hydrogens is 412 g/mol. The Hall–Kier alpha value is -4.20. The average molecular weight is 434 g/mol. The van der Waals surface area contributed by atoms with Crippen LogP contribution in [0.3, 0.4) is 0 Å². The Morgan fingerprint density at radius 1 is 1.00 bits per heavy atom. The maximum absolute atomic E-state index is 12.6. The van der Waals surface area contributed by atoms with Crippen LogP contribution in [0.4, 0.5) is 11.4 Å². The molecule has 0 heterocycles. The van der Waals surface area contributed by atoms with Crippen molar-refractivity contribution in [2.45, 2.75) is 13.3 Å². The van der Waals surface area contributed by atoms with Gasteiger partial charge in [0.15, 0.2) is 12.4 Å². The number of rotatable bonds is 9. The Bertz CT molecular complexity index is 1120. The standard InChI is InChI=1S/C24H22N2O6/c1-3-24(28)25-18-8-4-17(5-9-18)22(27)15-32-23-13-10-19(26(29)30)14-21(23)16-6-11-20(31-2)12-7-16/h4-14H,3,15H2,1-2H3,(H,25,28). The minimum absolute atomic E-state index is 0.0841. The molecule has 0 aromatic heterocycles. The van der Waals surface area contributed by atoms with Crippen LogP contribution in [0.25, 0.3) is 11.1 Å². The second-order valence-electron chi connectivity index (χ2n) is 6.86. The van der Waals surface area contributed by atoms with Crippen molar-refractivity contribution in [3.8, 4) is 22.6 Å². The van der Waals surface area contributed by atoms with Gasteiger partial charge in [-0.05, 0) is 48.0 Å². The molecule has 0 aliphatic heterocycles. The van der Waals surface area contributed by atoms with Gasteiger partial charge in [-0.3, -0.25) is 19.7 Å². The topological polar surface area (TPSA) is 108 Å². The molecule has 0 aliphatic rings. The van der Waals surface area contributed by atoms with E-state index < -0.39 is 4.92 Å². The largest absolute Gasteiger partial charge is 0.497 e. The summed E-state index contributed by atoms with van der Waals surface area (Å²) in [7, 11) is 1.55. The predicted octanol–water partition coefficient (Wildman–Crippen LogP) is 4.88. The molecule has 1 amide bonds. The molecule has 0 saturated carbocycles. The van der Waals surface area contributed by atoms with Crippen LogP contribution in [0.1, 0.15) is 23.7 Å². The lowest BCUT2D eigenvalue weighted by Gasteiger charge is -2.12. The van der Waals surface area contributed by atoms with Gasteiger partial charge in [0.05, 0.1) is 12.0 Å². The van der Waals surface area contributed by atoms with Crippen molar-refractivity contribution in [3.63, 3.8) is 0 Å². The van der Waals surface area contributed by atoms with Gasteiger partial charge in [0.2, 0.25) is 5.91 Å². The molecular formula is C24H22N2O6. The van der Waals surface area contributed by atoms with Crippen LogP contribution in [0.5, 0.6) is 11.5 Å². The number of hydrogen-bond acceptors (Lipinski definition) is 6. The Balaban J connectivity index is 1.78. The highest BCUT2D eigenvalue weighted by molar-refractivity contribution is 5.98. The van der Waals surface area contributed by atoms with Crippen LogP contribution in [-0.2, 0) is 4.79 Å². The summed E-state index contributed by atoms with van der Waals surface area (Å²) in [5, 5.41) is 13.9. The highest BCUT2D eigenvalue weighted by Gasteiger charge is 2.15. The molecule has 32 heavy (non-hydrogen) atoms. The van der Waals surface area contributed by atoms with Crippen molar-refractivity contribution < 1.29 is 24.0 Å². The van der Waals surface area contributed by atoms with Crippen LogP contribution in [0.2, 0.25) is 0 Å². The van der Waals surface area contributed by atoms with Gasteiger partial charge in [-0.1, -0.05) is 19.1 Å². The fraction of sp³-hybridized carbons (Fsp3) is 0.167. The monoisotopic (exact) mass is 434 g/mol. The number of carbonyl (C=O) groups excluding carboxylic acids is 2. The molecule has 0 spiro atoms. The number of ketones is 1. The number of nitrogens with zero attached hydrogens (tertiary/aromatic N) is 1. The number of Topliss-reactive ketones (excluding diaryl/α,β-unsaturated/α-hetero) is 1. The van der Waals surface area contributed by atoms with E-state index in [0.29, 0.717) is 40.3 Å². The quantitative estimate of drug-likeness (QED) is 0.292. The third-order valence-corrected chi connectivity index (χ3v) is 4.75. The molecule has 0 radical (unpaired) electrons. The fourth-order valence-electron chi connectivity index (χ4n) is 2.97. The van der Waals surface area contributed by atoms with Gasteiger partial charge in [0.25, 0.3) is 5.69 Å². The van der Waals surface area contributed by atoms with E-state index in [2.05, 4.69) is 5.32 Å². The first-order chi connectivity index (χ1) is 15.4. The van der Waals surface area contributed by atoms with Crippen LogP contribution in [0, 0.1) is 10.1 Å². The maximum atomic E-state index is 12.6. The van der Waals surface area contributed by atoms with E-state index in [1.54, 1.807) is 62.6 Å². The molecule has 0 saturated heterocycles. The van der Waals surface area contributed by atoms with Crippen molar-refractivity contribution in [1.82, 2.24) is 0 Å². The summed E-state index contributed by atoms with van der Waals surface area (Å²) in [5.41, 5.74) is 2.12. The summed E-state index contributed by atoms with van der Waals surface area (Å²) in [4.78, 5) is 34.8. The summed E-state index contributed by atoms with van der Waals surface area (Å²) in [5.74, 6) is 0.616. The summed E-state index contributed by atoms with van der Waals surface area (Å²) < 4.78 is 10.9. The third-order valence-electron chi connectivity index (χ3n) is 4.75. The Morgan fingerprint density at radius 3 is 2.28 bits per heavy atom. The molecule has 0 bridgehead atoms. The molecule has 0 atom stereocenters. The van der Waals surface area contributed by atoms with Crippen molar-refractivity contribution in [2.75, 3.05) is 19.0 Å². The number of non-ortho nitro benzene ring substituents is 1. The fourth-order valence-corrected chi connectivity index (χ4v) is 2.97. The average Bonchev–Trinajstić information content (AvgIpc) is 2.82. The predicted molar refractivity (Wildman–Crippen MR) is 120 cm³/mol. The SMILES string of the molecule is CCC(=O)Nc1ccc(C(=O)COc2ccc([N+](=O)[O-])cc2-c2ccc(OC)cc2)cc1. The molecule has 0 unspecified atom stereocenters. The second-order valence-corrected chi connectivity index (χ2v) is 6.86. The van der Waals surface area contributed by atoms with Gasteiger partial charge < -0.3 is 14.8 Å². The number of nitro benzene ring substituents is 1. The molecule has 0 fully saturated rings. The number of methoxy groups -OCH3 is 1. The first-order valence-corrected chi connectivity index (χ1v) is 9.90. The second kappa shape index (κ2) is 10.2. The summed E-state index contributed by atoms with van der Waals surface area (Å²) in [6.45, 7) is 1.50. The summed E-state index contributed by atoms with van der Waals surface area (Å²) in [6.07, 6.45) is 0.361. The number of benzene rings is 3. The molecule has 3 aromatic rings. The zero-order valence-corrected chi connectivity index (χ0v) is 17.7. The van der Waals surface area contributed by atoms with E-state index in [-0.39, 0.29) is 24.0 Å². The lowest BCUT2D eigenvalue weighted by atomic mass is 10.0. The van der Waals surface area contributed by atoms with Gasteiger partial charge in [0.1, 0.15) is 11.5 Å². The van der Waals surface area contributed by atoms with Crippen LogP contribution in [-0.4, -0.2) is 30.3 Å². The van der Waals surface area contributed by atoms with Crippen molar-refractivity contribution >= 4 is 23.1 Å². The van der Waals surface area contributed by atoms with Gasteiger partial charge in [-0.15, -0.1) is 0 Å². The van der Waals surface area contributed by atoms with Crippen molar-refractivity contribution in [1.29, 1.82) is 0 Å². The normalized spacial score (nSPS) is 10.3. The lowest BCUT2D eigenvalue weighted by molar-refractivity contribution is -0.384. The molecule has 3 rings (SSSR count). The van der Waals surface area contributed by atoms with Gasteiger partial charge in [-0.2, -0.15) is 0 Å². The van der Waals surface area contributed by atoms with Crippen LogP contribution < -0.4 is 14.8 Å². The summed E-state index contributed by atoms with van der Waals surface area (Å²) in [6, 6.07) is 17.7. The molecule has 3 aromatic carbocycles. The maximum Gasteiger partial charge on any atom is 0.270 e. The van der Waals surface area contributed by atoms with E-state index in [1.807, 2.05) is 0 Å². The van der Waals surface area contributed by atoms with Gasteiger partial charge >= 0.3 is 0 Å². The van der Waals surface area contributed by atoms with E-state index in [4.69, 9.17) is 9.47 Å². The van der Waals surface area contributed by atoms with Crippen molar-refractivity contribution in [2.24, 2.45) is 0 Å². The molecule has 0 aliphatic carbocycles. The van der Waals surface area contributed by atoms with Gasteiger partial charge in [-0.25, -0.2) is 0 Å². The summed E-state index contributed by atoms with van der Waals surface area (Å²) >= 11 is 0. The minimum atomic E-state index is -0.485. The molecule has 8 heteroatoms. The number of hydrogen-bond donors (Lipinski definition) is 1. The van der Waals surface area contributed by atoms with E-state index in [1.165, 1.54) is 18.2 Å². The van der Waals surface area contributed by atoms with E-state index in [0.717, 1.165) is 0 Å². The number of ether oxygens (including phenoxy) is 2. The number of nitrogens with one attached hydrogen (secondary N) is 1. The lowest BCUT2D eigenvalue weighted by Crippen LogP contribution is -2.13.